The molecule has 0 aliphatic heterocycles. The zero-order chi connectivity index (χ0) is 18.1. The van der Waals surface area contributed by atoms with Crippen molar-refractivity contribution in [1.82, 2.24) is 0 Å². The van der Waals surface area contributed by atoms with Gasteiger partial charge in [-0.3, -0.25) is 4.79 Å². The topological polar surface area (TPSA) is 47.6 Å². The Hall–Kier alpha value is -3.27. The summed E-state index contributed by atoms with van der Waals surface area (Å²) in [5.41, 5.74) is 6.34. The van der Waals surface area contributed by atoms with Crippen LogP contribution in [-0.4, -0.2) is 20.1 Å². The van der Waals surface area contributed by atoms with Crippen molar-refractivity contribution in [1.29, 1.82) is 0 Å². The van der Waals surface area contributed by atoms with E-state index in [1.807, 2.05) is 12.1 Å². The smallest absolute Gasteiger partial charge is 0.255 e. The zero-order valence-corrected chi connectivity index (χ0v) is 14.7. The Morgan fingerprint density at radius 1 is 0.846 bits per heavy atom. The van der Waals surface area contributed by atoms with Crippen LogP contribution in [0, 0.1) is 0 Å². The van der Waals surface area contributed by atoms with Gasteiger partial charge in [-0.15, -0.1) is 0 Å². The molecule has 0 unspecified atom stereocenters. The van der Waals surface area contributed by atoms with Gasteiger partial charge in [-0.25, -0.2) is 0 Å². The summed E-state index contributed by atoms with van der Waals surface area (Å²) in [6, 6.07) is 19.6. The maximum atomic E-state index is 12.6. The van der Waals surface area contributed by atoms with E-state index >= 15 is 0 Å². The molecular formula is C22H19NO3. The van der Waals surface area contributed by atoms with Gasteiger partial charge in [0.05, 0.1) is 14.2 Å². The highest BCUT2D eigenvalue weighted by atomic mass is 16.5. The number of hydrogen-bond donors (Lipinski definition) is 1. The summed E-state index contributed by atoms with van der Waals surface area (Å²) in [4.78, 5) is 12.6. The van der Waals surface area contributed by atoms with E-state index in [0.29, 0.717) is 17.1 Å². The molecule has 0 heterocycles. The Bertz CT molecular complexity index is 972. The van der Waals surface area contributed by atoms with E-state index in [1.165, 1.54) is 22.3 Å². The molecule has 3 aromatic carbocycles. The van der Waals surface area contributed by atoms with Gasteiger partial charge < -0.3 is 14.8 Å². The minimum atomic E-state index is -0.197. The summed E-state index contributed by atoms with van der Waals surface area (Å²) in [6.45, 7) is 0. The van der Waals surface area contributed by atoms with E-state index in [2.05, 4.69) is 35.6 Å². The van der Waals surface area contributed by atoms with E-state index in [-0.39, 0.29) is 5.91 Å². The second-order valence-corrected chi connectivity index (χ2v) is 6.26. The van der Waals surface area contributed by atoms with Crippen molar-refractivity contribution < 1.29 is 14.3 Å². The first-order valence-corrected chi connectivity index (χ1v) is 8.43. The van der Waals surface area contributed by atoms with Gasteiger partial charge in [0.25, 0.3) is 5.91 Å². The highest BCUT2D eigenvalue weighted by Crippen LogP contribution is 2.37. The molecule has 0 fully saturated rings. The number of anilines is 1. The molecule has 0 radical (unpaired) electrons. The summed E-state index contributed by atoms with van der Waals surface area (Å²) in [5.74, 6) is 0.968. The highest BCUT2D eigenvalue weighted by molar-refractivity contribution is 6.05. The second-order valence-electron chi connectivity index (χ2n) is 6.26. The first-order valence-electron chi connectivity index (χ1n) is 8.43. The molecule has 4 rings (SSSR count). The summed E-state index contributed by atoms with van der Waals surface area (Å²) in [7, 11) is 3.13. The summed E-state index contributed by atoms with van der Waals surface area (Å²) in [5, 5.41) is 2.97. The average Bonchev–Trinajstić information content (AvgIpc) is 3.05. The Morgan fingerprint density at radius 2 is 1.54 bits per heavy atom. The summed E-state index contributed by atoms with van der Waals surface area (Å²) < 4.78 is 10.5. The third kappa shape index (κ3) is 2.90. The molecule has 0 atom stereocenters. The first-order chi connectivity index (χ1) is 12.7. The number of benzene rings is 3. The van der Waals surface area contributed by atoms with Gasteiger partial charge in [-0.1, -0.05) is 30.3 Å². The van der Waals surface area contributed by atoms with Gasteiger partial charge in [0.15, 0.2) is 0 Å². The van der Waals surface area contributed by atoms with Crippen molar-refractivity contribution in [2.24, 2.45) is 0 Å². The fourth-order valence-corrected chi connectivity index (χ4v) is 3.36. The third-order valence-electron chi connectivity index (χ3n) is 4.67. The van der Waals surface area contributed by atoms with Gasteiger partial charge in [-0.05, 0) is 52.9 Å². The van der Waals surface area contributed by atoms with Gasteiger partial charge in [0.1, 0.15) is 11.5 Å². The van der Waals surface area contributed by atoms with E-state index in [0.717, 1.165) is 12.1 Å². The number of fused-ring (bicyclic) bond motifs is 3. The van der Waals surface area contributed by atoms with Crippen molar-refractivity contribution in [3.8, 4) is 22.6 Å². The molecule has 0 aromatic heterocycles. The van der Waals surface area contributed by atoms with Gasteiger partial charge in [-0.2, -0.15) is 0 Å². The molecule has 1 aliphatic carbocycles. The quantitative estimate of drug-likeness (QED) is 0.591. The largest absolute Gasteiger partial charge is 0.497 e. The average molecular weight is 345 g/mol. The van der Waals surface area contributed by atoms with Gasteiger partial charge >= 0.3 is 0 Å². The van der Waals surface area contributed by atoms with Crippen molar-refractivity contribution in [3.63, 3.8) is 0 Å². The molecule has 130 valence electrons. The fourth-order valence-electron chi connectivity index (χ4n) is 3.36. The molecule has 0 saturated carbocycles. The van der Waals surface area contributed by atoms with Gasteiger partial charge in [0.2, 0.25) is 0 Å². The predicted octanol–water partition coefficient (Wildman–Crippen LogP) is 4.53. The van der Waals surface area contributed by atoms with Crippen LogP contribution in [0.1, 0.15) is 21.5 Å². The first kappa shape index (κ1) is 16.2. The summed E-state index contributed by atoms with van der Waals surface area (Å²) in [6.07, 6.45) is 0.891. The van der Waals surface area contributed by atoms with Crippen LogP contribution in [0.5, 0.6) is 11.5 Å². The number of rotatable bonds is 4. The number of carbonyl (C=O) groups excluding carboxylic acids is 1. The maximum absolute atomic E-state index is 12.6. The fraction of sp³-hybridized carbons (Fsp3) is 0.136. The van der Waals surface area contributed by atoms with Crippen LogP contribution >= 0.6 is 0 Å². The molecule has 0 saturated heterocycles. The van der Waals surface area contributed by atoms with Crippen molar-refractivity contribution >= 4 is 11.6 Å². The maximum Gasteiger partial charge on any atom is 0.255 e. The van der Waals surface area contributed by atoms with Crippen LogP contribution in [0.3, 0.4) is 0 Å². The molecule has 1 aliphatic rings. The lowest BCUT2D eigenvalue weighted by atomic mass is 10.1. The zero-order valence-electron chi connectivity index (χ0n) is 14.7. The lowest BCUT2D eigenvalue weighted by Gasteiger charge is -2.10. The van der Waals surface area contributed by atoms with Crippen LogP contribution in [0.15, 0.2) is 60.7 Å². The second kappa shape index (κ2) is 6.56. The Kier molecular flexibility index (Phi) is 4.09. The van der Waals surface area contributed by atoms with Crippen LogP contribution in [0.25, 0.3) is 11.1 Å². The minimum absolute atomic E-state index is 0.197. The SMILES string of the molecule is COc1cc(OC)cc(C(=O)Nc2ccc3c(c2)Cc2ccccc2-3)c1. The Balaban J connectivity index is 1.59. The lowest BCUT2D eigenvalue weighted by Crippen LogP contribution is -2.12. The number of ether oxygens (including phenoxy) is 2. The Labute approximate surface area is 152 Å². The molecule has 0 spiro atoms. The molecule has 3 aromatic rings. The standard InChI is InChI=1S/C22H19NO3/c1-25-18-11-16(12-19(13-18)26-2)22(24)23-17-7-8-21-15(10-17)9-14-5-3-4-6-20(14)21/h3-8,10-13H,9H2,1-2H3,(H,23,24). The Morgan fingerprint density at radius 3 is 2.27 bits per heavy atom. The molecule has 0 bridgehead atoms. The molecule has 1 amide bonds. The van der Waals surface area contributed by atoms with E-state index < -0.39 is 0 Å². The number of methoxy groups -OCH3 is 2. The third-order valence-corrected chi connectivity index (χ3v) is 4.67. The van der Waals surface area contributed by atoms with E-state index in [9.17, 15) is 4.79 Å². The van der Waals surface area contributed by atoms with E-state index in [4.69, 9.17) is 9.47 Å². The molecular weight excluding hydrogens is 326 g/mol. The summed E-state index contributed by atoms with van der Waals surface area (Å²) >= 11 is 0. The van der Waals surface area contributed by atoms with Crippen LogP contribution in [-0.2, 0) is 6.42 Å². The van der Waals surface area contributed by atoms with Crippen molar-refractivity contribution in [3.05, 3.63) is 77.4 Å². The highest BCUT2D eigenvalue weighted by Gasteiger charge is 2.18. The van der Waals surface area contributed by atoms with Crippen LogP contribution in [0.2, 0.25) is 0 Å². The van der Waals surface area contributed by atoms with Crippen LogP contribution in [0.4, 0.5) is 5.69 Å². The molecule has 4 heteroatoms. The van der Waals surface area contributed by atoms with Crippen LogP contribution < -0.4 is 14.8 Å². The number of hydrogen-bond acceptors (Lipinski definition) is 3. The van der Waals surface area contributed by atoms with Crippen molar-refractivity contribution in [2.75, 3.05) is 19.5 Å². The monoisotopic (exact) mass is 345 g/mol. The normalized spacial score (nSPS) is 11.5. The van der Waals surface area contributed by atoms with E-state index in [1.54, 1.807) is 32.4 Å². The van der Waals surface area contributed by atoms with Gasteiger partial charge in [0, 0.05) is 17.3 Å². The lowest BCUT2D eigenvalue weighted by molar-refractivity contribution is 0.102. The minimum Gasteiger partial charge on any atom is -0.497 e. The predicted molar refractivity (Wildman–Crippen MR) is 102 cm³/mol. The molecule has 26 heavy (non-hydrogen) atoms. The number of amides is 1. The van der Waals surface area contributed by atoms with Crippen molar-refractivity contribution in [2.45, 2.75) is 6.42 Å². The molecule has 4 nitrogen and oxygen atoms in total. The molecule has 1 N–H and O–H groups in total. The number of nitrogens with one attached hydrogen (secondary N) is 1. The number of carbonyl (C=O) groups is 1.